The molecule has 1 aromatic carbocycles. The zero-order valence-corrected chi connectivity index (χ0v) is 16.0. The van der Waals surface area contributed by atoms with E-state index in [0.29, 0.717) is 48.0 Å². The summed E-state index contributed by atoms with van der Waals surface area (Å²) in [6.07, 6.45) is 1.83. The fraction of sp³-hybridized carbons (Fsp3) is 0.444. The first kappa shape index (κ1) is 18.6. The maximum absolute atomic E-state index is 12.4. The van der Waals surface area contributed by atoms with Crippen LogP contribution in [0.5, 0.6) is 0 Å². The number of rotatable bonds is 4. The summed E-state index contributed by atoms with van der Waals surface area (Å²) in [6, 6.07) is 4.82. The summed E-state index contributed by atoms with van der Waals surface area (Å²) in [5.74, 6) is -1.15. The molecule has 4 amide bonds. The lowest BCUT2D eigenvalue weighted by Crippen LogP contribution is -2.49. The predicted molar refractivity (Wildman–Crippen MR) is 97.5 cm³/mol. The summed E-state index contributed by atoms with van der Waals surface area (Å²) in [5.41, 5.74) is 0.626. The van der Waals surface area contributed by atoms with E-state index in [1.807, 2.05) is 6.92 Å². The molecule has 138 valence electrons. The maximum atomic E-state index is 12.4. The van der Waals surface area contributed by atoms with Crippen LogP contribution in [0, 0.1) is 0 Å². The third-order valence-corrected chi connectivity index (χ3v) is 5.24. The SMILES string of the molecule is CCC(=O)N1CCC(NC(=O)CN2C(=O)c3ccc(Br)cc3C2=O)CC1. The average molecular weight is 422 g/mol. The largest absolute Gasteiger partial charge is 0.352 e. The smallest absolute Gasteiger partial charge is 0.262 e. The van der Waals surface area contributed by atoms with Gasteiger partial charge in [0.25, 0.3) is 11.8 Å². The van der Waals surface area contributed by atoms with Crippen molar-refractivity contribution in [2.24, 2.45) is 0 Å². The summed E-state index contributed by atoms with van der Waals surface area (Å²) >= 11 is 3.28. The van der Waals surface area contributed by atoms with Crippen molar-refractivity contribution in [1.82, 2.24) is 15.1 Å². The second-order valence-electron chi connectivity index (χ2n) is 6.46. The molecule has 2 heterocycles. The van der Waals surface area contributed by atoms with Gasteiger partial charge < -0.3 is 10.2 Å². The Morgan fingerprint density at radius 2 is 1.81 bits per heavy atom. The topological polar surface area (TPSA) is 86.8 Å². The molecule has 0 unspecified atom stereocenters. The van der Waals surface area contributed by atoms with E-state index >= 15 is 0 Å². The molecule has 8 heteroatoms. The molecule has 1 saturated heterocycles. The van der Waals surface area contributed by atoms with Crippen LogP contribution in [0.2, 0.25) is 0 Å². The van der Waals surface area contributed by atoms with E-state index in [9.17, 15) is 19.2 Å². The number of nitrogens with zero attached hydrogens (tertiary/aromatic N) is 2. The quantitative estimate of drug-likeness (QED) is 0.747. The van der Waals surface area contributed by atoms with Crippen LogP contribution in [0.3, 0.4) is 0 Å². The van der Waals surface area contributed by atoms with Crippen LogP contribution < -0.4 is 5.32 Å². The number of halogens is 1. The molecule has 26 heavy (non-hydrogen) atoms. The Bertz CT molecular complexity index is 772. The standard InChI is InChI=1S/C18H20BrN3O4/c1-2-16(24)21-7-5-12(6-8-21)20-15(23)10-22-17(25)13-4-3-11(19)9-14(13)18(22)26/h3-4,9,12H,2,5-8,10H2,1H3,(H,20,23). The van der Waals surface area contributed by atoms with Crippen molar-refractivity contribution in [3.8, 4) is 0 Å². The number of piperidine rings is 1. The monoisotopic (exact) mass is 421 g/mol. The van der Waals surface area contributed by atoms with Gasteiger partial charge in [0, 0.05) is 30.0 Å². The highest BCUT2D eigenvalue weighted by Crippen LogP contribution is 2.25. The van der Waals surface area contributed by atoms with E-state index < -0.39 is 11.8 Å². The normalized spacial score (nSPS) is 17.5. The fourth-order valence-corrected chi connectivity index (χ4v) is 3.68. The van der Waals surface area contributed by atoms with Gasteiger partial charge in [-0.3, -0.25) is 24.1 Å². The number of amides is 4. The molecule has 3 rings (SSSR count). The van der Waals surface area contributed by atoms with Gasteiger partial charge in [-0.25, -0.2) is 0 Å². The fourth-order valence-electron chi connectivity index (χ4n) is 3.32. The Morgan fingerprint density at radius 3 is 2.46 bits per heavy atom. The van der Waals surface area contributed by atoms with Gasteiger partial charge in [0.15, 0.2) is 0 Å². The van der Waals surface area contributed by atoms with Crippen LogP contribution in [-0.2, 0) is 9.59 Å². The summed E-state index contributed by atoms with van der Waals surface area (Å²) in [4.78, 5) is 51.5. The molecule has 2 aliphatic heterocycles. The van der Waals surface area contributed by atoms with E-state index in [-0.39, 0.29) is 24.4 Å². The molecule has 0 spiro atoms. The summed E-state index contributed by atoms with van der Waals surface area (Å²) < 4.78 is 0.706. The van der Waals surface area contributed by atoms with Gasteiger partial charge in [-0.2, -0.15) is 0 Å². The molecule has 0 bridgehead atoms. The van der Waals surface area contributed by atoms with E-state index in [1.165, 1.54) is 0 Å². The molecular weight excluding hydrogens is 402 g/mol. The third-order valence-electron chi connectivity index (χ3n) is 4.75. The number of carbonyl (C=O) groups is 4. The zero-order valence-electron chi connectivity index (χ0n) is 14.5. The minimum atomic E-state index is -0.454. The molecule has 1 aromatic rings. The van der Waals surface area contributed by atoms with E-state index in [0.717, 1.165) is 4.90 Å². The molecule has 2 aliphatic rings. The Labute approximate surface area is 159 Å². The van der Waals surface area contributed by atoms with Crippen molar-refractivity contribution in [3.05, 3.63) is 33.8 Å². The highest BCUT2D eigenvalue weighted by molar-refractivity contribution is 9.10. The van der Waals surface area contributed by atoms with E-state index in [4.69, 9.17) is 0 Å². The molecule has 0 atom stereocenters. The van der Waals surface area contributed by atoms with Crippen LogP contribution in [0.15, 0.2) is 22.7 Å². The molecule has 0 saturated carbocycles. The summed E-state index contributed by atoms with van der Waals surface area (Å²) in [5, 5.41) is 2.87. The number of likely N-dealkylation sites (tertiary alicyclic amines) is 1. The summed E-state index contributed by atoms with van der Waals surface area (Å²) in [7, 11) is 0. The molecule has 0 aromatic heterocycles. The second kappa shape index (κ2) is 7.57. The predicted octanol–water partition coefficient (Wildman–Crippen LogP) is 1.56. The Hall–Kier alpha value is -2.22. The van der Waals surface area contributed by atoms with Crippen molar-refractivity contribution < 1.29 is 19.2 Å². The van der Waals surface area contributed by atoms with Gasteiger partial charge in [0.2, 0.25) is 11.8 Å². The van der Waals surface area contributed by atoms with Crippen molar-refractivity contribution in [1.29, 1.82) is 0 Å². The van der Waals surface area contributed by atoms with Crippen LogP contribution >= 0.6 is 15.9 Å². The first-order chi connectivity index (χ1) is 12.4. The van der Waals surface area contributed by atoms with Crippen molar-refractivity contribution in [2.75, 3.05) is 19.6 Å². The number of fused-ring (bicyclic) bond motifs is 1. The van der Waals surface area contributed by atoms with Crippen molar-refractivity contribution in [3.63, 3.8) is 0 Å². The lowest BCUT2D eigenvalue weighted by molar-refractivity contribution is -0.132. The highest BCUT2D eigenvalue weighted by Gasteiger charge is 2.37. The first-order valence-electron chi connectivity index (χ1n) is 8.63. The lowest BCUT2D eigenvalue weighted by atomic mass is 10.0. The van der Waals surface area contributed by atoms with Crippen molar-refractivity contribution in [2.45, 2.75) is 32.2 Å². The number of imide groups is 1. The van der Waals surface area contributed by atoms with Gasteiger partial charge in [0.1, 0.15) is 6.54 Å². The van der Waals surface area contributed by atoms with Gasteiger partial charge in [-0.1, -0.05) is 22.9 Å². The van der Waals surface area contributed by atoms with E-state index in [2.05, 4.69) is 21.2 Å². The number of nitrogens with one attached hydrogen (secondary N) is 1. The maximum Gasteiger partial charge on any atom is 0.262 e. The highest BCUT2D eigenvalue weighted by atomic mass is 79.9. The Balaban J connectivity index is 1.56. The summed E-state index contributed by atoms with van der Waals surface area (Å²) in [6.45, 7) is 2.76. The lowest BCUT2D eigenvalue weighted by Gasteiger charge is -2.32. The van der Waals surface area contributed by atoms with Gasteiger partial charge >= 0.3 is 0 Å². The van der Waals surface area contributed by atoms with Gasteiger partial charge in [0.05, 0.1) is 11.1 Å². The Kier molecular flexibility index (Phi) is 5.41. The average Bonchev–Trinajstić information content (AvgIpc) is 2.86. The Morgan fingerprint density at radius 1 is 1.15 bits per heavy atom. The van der Waals surface area contributed by atoms with Crippen molar-refractivity contribution >= 4 is 39.6 Å². The minimum absolute atomic E-state index is 0.0484. The molecule has 1 N–H and O–H groups in total. The number of hydrogen-bond donors (Lipinski definition) is 1. The zero-order chi connectivity index (χ0) is 18.8. The number of hydrogen-bond acceptors (Lipinski definition) is 4. The van der Waals surface area contributed by atoms with Crippen LogP contribution in [0.25, 0.3) is 0 Å². The third kappa shape index (κ3) is 3.65. The molecule has 7 nitrogen and oxygen atoms in total. The second-order valence-corrected chi connectivity index (χ2v) is 7.38. The van der Waals surface area contributed by atoms with Crippen LogP contribution in [0.1, 0.15) is 46.9 Å². The molecular formula is C18H20BrN3O4. The van der Waals surface area contributed by atoms with Crippen LogP contribution in [0.4, 0.5) is 0 Å². The van der Waals surface area contributed by atoms with Gasteiger partial charge in [-0.15, -0.1) is 0 Å². The molecule has 0 aliphatic carbocycles. The molecule has 1 fully saturated rings. The number of benzene rings is 1. The van der Waals surface area contributed by atoms with E-state index in [1.54, 1.807) is 23.1 Å². The molecule has 0 radical (unpaired) electrons. The number of carbonyl (C=O) groups excluding carboxylic acids is 4. The van der Waals surface area contributed by atoms with Gasteiger partial charge in [-0.05, 0) is 31.0 Å². The minimum Gasteiger partial charge on any atom is -0.352 e. The first-order valence-corrected chi connectivity index (χ1v) is 9.43. The van der Waals surface area contributed by atoms with Crippen LogP contribution in [-0.4, -0.2) is 59.1 Å².